The quantitative estimate of drug-likeness (QED) is 0.687. The van der Waals surface area contributed by atoms with Gasteiger partial charge in [-0.2, -0.15) is 0 Å². The summed E-state index contributed by atoms with van der Waals surface area (Å²) in [6.45, 7) is 11.6. The van der Waals surface area contributed by atoms with Gasteiger partial charge in [-0.3, -0.25) is 4.79 Å². The highest BCUT2D eigenvalue weighted by Crippen LogP contribution is 2.15. The minimum Gasteiger partial charge on any atom is -0.361 e. The Labute approximate surface area is 148 Å². The van der Waals surface area contributed by atoms with Gasteiger partial charge in [-0.15, -0.1) is 0 Å². The molecule has 1 fully saturated rings. The molecule has 1 amide bonds. The van der Waals surface area contributed by atoms with Gasteiger partial charge in [0.25, 0.3) is 5.91 Å². The second-order valence-electron chi connectivity index (χ2n) is 7.15. The molecule has 1 aliphatic heterocycles. The lowest BCUT2D eigenvalue weighted by molar-refractivity contribution is -1.02. The molecule has 2 heterocycles. The van der Waals surface area contributed by atoms with E-state index in [0.717, 1.165) is 55.4 Å². The van der Waals surface area contributed by atoms with Crippen molar-refractivity contribution < 1.29 is 19.1 Å². The van der Waals surface area contributed by atoms with Gasteiger partial charge in [0.1, 0.15) is 44.2 Å². The highest BCUT2D eigenvalue weighted by atomic mass is 16.5. The molecule has 1 aliphatic rings. The van der Waals surface area contributed by atoms with Gasteiger partial charge in [-0.05, 0) is 32.4 Å². The van der Waals surface area contributed by atoms with Crippen molar-refractivity contribution in [3.8, 4) is 0 Å². The number of carbonyl (C=O) groups is 1. The predicted octanol–water partition coefficient (Wildman–Crippen LogP) is -0.478. The van der Waals surface area contributed by atoms with Crippen molar-refractivity contribution in [1.29, 1.82) is 0 Å². The number of aryl methyl sites for hydroxylation is 3. The smallest absolute Gasteiger partial charge is 0.279 e. The van der Waals surface area contributed by atoms with Crippen LogP contribution in [0.5, 0.6) is 0 Å². The van der Waals surface area contributed by atoms with E-state index in [9.17, 15) is 4.79 Å². The molecule has 6 heteroatoms. The number of carbonyl (C=O) groups excluding carboxylic acids is 1. The van der Waals surface area contributed by atoms with E-state index >= 15 is 0 Å². The molecular formula is C19H28N4O2+2. The third kappa shape index (κ3) is 4.90. The lowest BCUT2D eigenvalue weighted by Crippen LogP contribution is -3.28. The molecule has 0 spiro atoms. The maximum Gasteiger partial charge on any atom is 0.279 e. The van der Waals surface area contributed by atoms with Crippen LogP contribution in [0.25, 0.3) is 0 Å². The number of nitrogens with one attached hydrogen (secondary N) is 3. The van der Waals surface area contributed by atoms with Gasteiger partial charge in [-0.25, -0.2) is 0 Å². The molecule has 25 heavy (non-hydrogen) atoms. The average Bonchev–Trinajstić information content (AvgIpc) is 2.97. The van der Waals surface area contributed by atoms with Gasteiger partial charge in [0, 0.05) is 11.8 Å². The van der Waals surface area contributed by atoms with Crippen LogP contribution in [0.4, 0.5) is 5.69 Å². The van der Waals surface area contributed by atoms with Crippen LogP contribution in [-0.4, -0.2) is 43.8 Å². The first-order chi connectivity index (χ1) is 12.0. The summed E-state index contributed by atoms with van der Waals surface area (Å²) in [4.78, 5) is 15.2. The van der Waals surface area contributed by atoms with Crippen LogP contribution in [0.3, 0.4) is 0 Å². The summed E-state index contributed by atoms with van der Waals surface area (Å²) in [5, 5.41) is 7.12. The Kier molecular flexibility index (Phi) is 5.50. The lowest BCUT2D eigenvalue weighted by atomic mass is 10.1. The molecular weight excluding hydrogens is 316 g/mol. The Morgan fingerprint density at radius 2 is 1.84 bits per heavy atom. The van der Waals surface area contributed by atoms with Crippen LogP contribution < -0.4 is 15.1 Å². The maximum atomic E-state index is 12.3. The number of aromatic nitrogens is 1. The molecule has 0 bridgehead atoms. The van der Waals surface area contributed by atoms with Gasteiger partial charge in [0.15, 0.2) is 6.54 Å². The molecule has 3 N–H and O–H groups in total. The summed E-state index contributed by atoms with van der Waals surface area (Å²) < 4.78 is 5.13. The average molecular weight is 344 g/mol. The Morgan fingerprint density at radius 3 is 2.48 bits per heavy atom. The molecule has 0 saturated carbocycles. The standard InChI is InChI=1S/C19H26N4O2/c1-14-4-5-18(15(2)10-14)20-19(24)13-23-8-6-22(7-9-23)12-17-11-16(3)25-21-17/h4-5,10-11H,6-9,12-13H2,1-3H3,(H,20,24)/p+2. The van der Waals surface area contributed by atoms with Crippen LogP contribution in [0, 0.1) is 20.8 Å². The topological polar surface area (TPSA) is 64.0 Å². The molecule has 0 unspecified atom stereocenters. The van der Waals surface area contributed by atoms with Crippen molar-refractivity contribution in [2.75, 3.05) is 38.0 Å². The van der Waals surface area contributed by atoms with Crippen LogP contribution in [0.15, 0.2) is 28.8 Å². The van der Waals surface area contributed by atoms with E-state index in [-0.39, 0.29) is 5.91 Å². The molecule has 1 aromatic heterocycles. The molecule has 134 valence electrons. The fourth-order valence-corrected chi connectivity index (χ4v) is 3.44. The summed E-state index contributed by atoms with van der Waals surface area (Å²) in [5.41, 5.74) is 4.26. The first kappa shape index (κ1) is 17.6. The number of piperazine rings is 1. The van der Waals surface area contributed by atoms with Crippen molar-refractivity contribution >= 4 is 11.6 Å². The summed E-state index contributed by atoms with van der Waals surface area (Å²) >= 11 is 0. The van der Waals surface area contributed by atoms with Crippen molar-refractivity contribution in [3.05, 3.63) is 46.8 Å². The van der Waals surface area contributed by atoms with Gasteiger partial charge in [0.05, 0.1) is 0 Å². The Bertz CT molecular complexity index is 733. The maximum absolute atomic E-state index is 12.3. The molecule has 3 rings (SSSR count). The second kappa shape index (κ2) is 7.80. The monoisotopic (exact) mass is 344 g/mol. The molecule has 6 nitrogen and oxygen atoms in total. The minimum absolute atomic E-state index is 0.0949. The van der Waals surface area contributed by atoms with Crippen LogP contribution in [0.1, 0.15) is 22.6 Å². The van der Waals surface area contributed by atoms with E-state index in [1.54, 1.807) is 0 Å². The SMILES string of the molecule is Cc1ccc(NC(=O)C[NH+]2CC[NH+](Cc3cc(C)on3)CC2)c(C)c1. The normalized spacial score (nSPS) is 20.4. The number of amides is 1. The zero-order chi connectivity index (χ0) is 17.8. The van der Waals surface area contributed by atoms with Crippen molar-refractivity contribution in [1.82, 2.24) is 5.16 Å². The van der Waals surface area contributed by atoms with E-state index in [0.29, 0.717) is 6.54 Å². The summed E-state index contributed by atoms with van der Waals surface area (Å²) in [5.74, 6) is 0.958. The lowest BCUT2D eigenvalue weighted by Gasteiger charge is -2.28. The summed E-state index contributed by atoms with van der Waals surface area (Å²) in [6, 6.07) is 8.11. The van der Waals surface area contributed by atoms with Crippen LogP contribution in [0.2, 0.25) is 0 Å². The Morgan fingerprint density at radius 1 is 1.12 bits per heavy atom. The Balaban J connectivity index is 1.44. The third-order valence-corrected chi connectivity index (χ3v) is 4.84. The first-order valence-corrected chi connectivity index (χ1v) is 8.96. The highest BCUT2D eigenvalue weighted by Gasteiger charge is 2.25. The number of quaternary nitrogens is 2. The third-order valence-electron chi connectivity index (χ3n) is 4.84. The number of hydrogen-bond acceptors (Lipinski definition) is 3. The molecule has 1 saturated heterocycles. The predicted molar refractivity (Wildman–Crippen MR) is 95.8 cm³/mol. The minimum atomic E-state index is 0.0949. The van der Waals surface area contributed by atoms with Gasteiger partial charge in [-0.1, -0.05) is 22.9 Å². The fourth-order valence-electron chi connectivity index (χ4n) is 3.44. The molecule has 0 aliphatic carbocycles. The fraction of sp³-hybridized carbons (Fsp3) is 0.474. The van der Waals surface area contributed by atoms with Crippen molar-refractivity contribution in [3.63, 3.8) is 0 Å². The highest BCUT2D eigenvalue weighted by molar-refractivity contribution is 5.92. The molecule has 1 aromatic carbocycles. The molecule has 0 atom stereocenters. The van der Waals surface area contributed by atoms with E-state index < -0.39 is 0 Å². The van der Waals surface area contributed by atoms with Crippen molar-refractivity contribution in [2.24, 2.45) is 0 Å². The van der Waals surface area contributed by atoms with Gasteiger partial charge >= 0.3 is 0 Å². The van der Waals surface area contributed by atoms with E-state index in [1.807, 2.05) is 32.0 Å². The zero-order valence-corrected chi connectivity index (χ0v) is 15.3. The van der Waals surface area contributed by atoms with Crippen LogP contribution >= 0.6 is 0 Å². The number of hydrogen-bond donors (Lipinski definition) is 3. The summed E-state index contributed by atoms with van der Waals surface area (Å²) in [6.07, 6.45) is 0. The second-order valence-corrected chi connectivity index (χ2v) is 7.15. The molecule has 0 radical (unpaired) electrons. The molecule has 2 aromatic rings. The van der Waals surface area contributed by atoms with Crippen LogP contribution in [-0.2, 0) is 11.3 Å². The van der Waals surface area contributed by atoms with Gasteiger partial charge < -0.3 is 19.6 Å². The number of benzene rings is 1. The summed E-state index contributed by atoms with van der Waals surface area (Å²) in [7, 11) is 0. The number of anilines is 1. The number of nitrogens with zero attached hydrogens (tertiary/aromatic N) is 1. The first-order valence-electron chi connectivity index (χ1n) is 8.96. The largest absolute Gasteiger partial charge is 0.361 e. The van der Waals surface area contributed by atoms with Gasteiger partial charge in [0.2, 0.25) is 0 Å². The zero-order valence-electron chi connectivity index (χ0n) is 15.3. The van der Waals surface area contributed by atoms with E-state index in [4.69, 9.17) is 4.52 Å². The Hall–Kier alpha value is -2.18. The number of rotatable bonds is 5. The van der Waals surface area contributed by atoms with E-state index in [2.05, 4.69) is 23.5 Å². The van der Waals surface area contributed by atoms with Crippen molar-refractivity contribution in [2.45, 2.75) is 27.3 Å². The van der Waals surface area contributed by atoms with E-state index in [1.165, 1.54) is 15.4 Å².